The second-order valence-corrected chi connectivity index (χ2v) is 6.01. The van der Waals surface area contributed by atoms with Gasteiger partial charge < -0.3 is 18.7 Å². The molecule has 4 rings (SSSR count). The van der Waals surface area contributed by atoms with Crippen molar-refractivity contribution in [3.05, 3.63) is 72.3 Å². The number of esters is 1. The summed E-state index contributed by atoms with van der Waals surface area (Å²) in [5, 5.41) is 4.98. The number of ether oxygens (including phenoxy) is 3. The maximum Gasteiger partial charge on any atom is 0.343 e. The highest BCUT2D eigenvalue weighted by Gasteiger charge is 2.15. The van der Waals surface area contributed by atoms with Gasteiger partial charge in [0.25, 0.3) is 0 Å². The molecule has 0 saturated heterocycles. The molecule has 0 saturated carbocycles. The summed E-state index contributed by atoms with van der Waals surface area (Å²) in [5.74, 6) is 0.844. The highest BCUT2D eigenvalue weighted by Crippen LogP contribution is 2.31. The normalized spacial score (nSPS) is 10.6. The molecule has 1 heterocycles. The molecular weight excluding hydrogens is 358 g/mol. The molecule has 6 nitrogen and oxygen atoms in total. The van der Waals surface area contributed by atoms with E-state index in [9.17, 15) is 4.79 Å². The summed E-state index contributed by atoms with van der Waals surface area (Å²) in [6.45, 7) is 0. The van der Waals surface area contributed by atoms with Crippen LogP contribution in [0.5, 0.6) is 17.2 Å². The van der Waals surface area contributed by atoms with Gasteiger partial charge in [0, 0.05) is 17.0 Å². The second kappa shape index (κ2) is 7.44. The van der Waals surface area contributed by atoms with Crippen molar-refractivity contribution < 1.29 is 23.5 Å². The van der Waals surface area contributed by atoms with Crippen molar-refractivity contribution in [1.29, 1.82) is 0 Å². The molecule has 0 aliphatic heterocycles. The molecule has 0 aliphatic rings. The van der Waals surface area contributed by atoms with Crippen LogP contribution < -0.4 is 14.2 Å². The topological polar surface area (TPSA) is 70.8 Å². The minimum Gasteiger partial charge on any atom is -0.493 e. The zero-order valence-corrected chi connectivity index (χ0v) is 15.3. The molecule has 0 bridgehead atoms. The Bertz CT molecular complexity index is 1130. The van der Waals surface area contributed by atoms with Gasteiger partial charge in [-0.15, -0.1) is 0 Å². The Morgan fingerprint density at radius 1 is 0.893 bits per heavy atom. The average Bonchev–Trinajstić information content (AvgIpc) is 3.17. The molecule has 4 aromatic rings. The van der Waals surface area contributed by atoms with Crippen LogP contribution in [0.2, 0.25) is 0 Å². The summed E-state index contributed by atoms with van der Waals surface area (Å²) in [6, 6.07) is 19.8. The van der Waals surface area contributed by atoms with Crippen molar-refractivity contribution in [2.75, 3.05) is 14.2 Å². The Hall–Kier alpha value is -3.80. The van der Waals surface area contributed by atoms with E-state index in [1.165, 1.54) is 14.2 Å². The van der Waals surface area contributed by atoms with Gasteiger partial charge in [0.15, 0.2) is 17.1 Å². The van der Waals surface area contributed by atoms with Crippen LogP contribution in [-0.2, 0) is 0 Å². The minimum absolute atomic E-state index is 0.347. The number of fused-ring (bicyclic) bond motifs is 1. The van der Waals surface area contributed by atoms with E-state index in [0.717, 1.165) is 16.6 Å². The van der Waals surface area contributed by atoms with Gasteiger partial charge in [0.05, 0.1) is 19.8 Å². The zero-order chi connectivity index (χ0) is 19.5. The van der Waals surface area contributed by atoms with Crippen LogP contribution in [0.15, 0.2) is 71.3 Å². The molecule has 28 heavy (non-hydrogen) atoms. The van der Waals surface area contributed by atoms with Crippen LogP contribution >= 0.6 is 0 Å². The van der Waals surface area contributed by atoms with Gasteiger partial charge in [-0.3, -0.25) is 0 Å². The van der Waals surface area contributed by atoms with Crippen LogP contribution in [0.25, 0.3) is 22.2 Å². The molecule has 0 atom stereocenters. The van der Waals surface area contributed by atoms with E-state index in [4.69, 9.17) is 18.7 Å². The van der Waals surface area contributed by atoms with E-state index >= 15 is 0 Å². The van der Waals surface area contributed by atoms with Gasteiger partial charge in [-0.05, 0) is 30.3 Å². The van der Waals surface area contributed by atoms with Gasteiger partial charge in [-0.2, -0.15) is 0 Å². The number of nitrogens with zero attached hydrogens (tertiary/aromatic N) is 1. The number of carbonyl (C=O) groups is 1. The van der Waals surface area contributed by atoms with Gasteiger partial charge in [0.1, 0.15) is 11.4 Å². The summed E-state index contributed by atoms with van der Waals surface area (Å²) in [5.41, 5.74) is 2.58. The lowest BCUT2D eigenvalue weighted by molar-refractivity contribution is 0.0734. The maximum atomic E-state index is 12.5. The standard InChI is InChI=1S/C22H17NO5/c1-25-18-11-8-15(12-20(18)26-2)22(24)27-16-9-10-17-19(13-16)28-23-21(17)14-6-4-3-5-7-14/h3-13H,1-2H3. The molecule has 0 amide bonds. The Kier molecular flexibility index (Phi) is 4.68. The summed E-state index contributed by atoms with van der Waals surface area (Å²) in [7, 11) is 3.04. The third kappa shape index (κ3) is 3.27. The molecule has 0 N–H and O–H groups in total. The number of aromatic nitrogens is 1. The van der Waals surface area contributed by atoms with E-state index in [1.54, 1.807) is 30.3 Å². The third-order valence-corrected chi connectivity index (χ3v) is 4.32. The fourth-order valence-electron chi connectivity index (χ4n) is 2.91. The zero-order valence-electron chi connectivity index (χ0n) is 15.3. The number of carbonyl (C=O) groups excluding carboxylic acids is 1. The van der Waals surface area contributed by atoms with Crippen LogP contribution in [0.4, 0.5) is 0 Å². The molecule has 140 valence electrons. The van der Waals surface area contributed by atoms with Crippen molar-refractivity contribution in [1.82, 2.24) is 5.16 Å². The molecule has 0 spiro atoms. The first-order chi connectivity index (χ1) is 13.7. The Morgan fingerprint density at radius 3 is 2.43 bits per heavy atom. The lowest BCUT2D eigenvalue weighted by Crippen LogP contribution is -2.08. The van der Waals surface area contributed by atoms with E-state index < -0.39 is 5.97 Å². The van der Waals surface area contributed by atoms with Crippen LogP contribution in [0.3, 0.4) is 0 Å². The van der Waals surface area contributed by atoms with Gasteiger partial charge in [0.2, 0.25) is 0 Å². The molecule has 0 aliphatic carbocycles. The SMILES string of the molecule is COc1ccc(C(=O)Oc2ccc3c(-c4ccccc4)noc3c2)cc1OC. The number of hydrogen-bond acceptors (Lipinski definition) is 6. The first-order valence-corrected chi connectivity index (χ1v) is 8.58. The first kappa shape index (κ1) is 17.6. The van der Waals surface area contributed by atoms with Crippen LogP contribution in [0.1, 0.15) is 10.4 Å². The molecular formula is C22H17NO5. The summed E-state index contributed by atoms with van der Waals surface area (Å²) in [6.07, 6.45) is 0. The Balaban J connectivity index is 1.59. The highest BCUT2D eigenvalue weighted by atomic mass is 16.5. The minimum atomic E-state index is -0.511. The highest BCUT2D eigenvalue weighted by molar-refractivity contribution is 5.94. The van der Waals surface area contributed by atoms with E-state index in [1.807, 2.05) is 36.4 Å². The third-order valence-electron chi connectivity index (χ3n) is 4.32. The van der Waals surface area contributed by atoms with Crippen molar-refractivity contribution in [3.8, 4) is 28.5 Å². The summed E-state index contributed by atoms with van der Waals surface area (Å²) < 4.78 is 21.3. The molecule has 6 heteroatoms. The fourth-order valence-corrected chi connectivity index (χ4v) is 2.91. The van der Waals surface area contributed by atoms with Crippen LogP contribution in [0, 0.1) is 0 Å². The second-order valence-electron chi connectivity index (χ2n) is 6.01. The maximum absolute atomic E-state index is 12.5. The predicted molar refractivity (Wildman–Crippen MR) is 104 cm³/mol. The lowest BCUT2D eigenvalue weighted by atomic mass is 10.1. The predicted octanol–water partition coefficient (Wildman–Crippen LogP) is 4.73. The molecule has 1 aromatic heterocycles. The first-order valence-electron chi connectivity index (χ1n) is 8.58. The van der Waals surface area contributed by atoms with Crippen molar-refractivity contribution in [2.24, 2.45) is 0 Å². The number of hydrogen-bond donors (Lipinski definition) is 0. The van der Waals surface area contributed by atoms with E-state index in [2.05, 4.69) is 5.16 Å². The van der Waals surface area contributed by atoms with Gasteiger partial charge in [-0.1, -0.05) is 35.5 Å². The molecule has 0 radical (unpaired) electrons. The van der Waals surface area contributed by atoms with E-state index in [0.29, 0.717) is 28.4 Å². The van der Waals surface area contributed by atoms with Gasteiger partial charge in [-0.25, -0.2) is 4.79 Å². The quantitative estimate of drug-likeness (QED) is 0.371. The smallest absolute Gasteiger partial charge is 0.343 e. The van der Waals surface area contributed by atoms with Crippen LogP contribution in [-0.4, -0.2) is 25.3 Å². The Morgan fingerprint density at radius 2 is 1.68 bits per heavy atom. The largest absolute Gasteiger partial charge is 0.493 e. The fraction of sp³-hybridized carbons (Fsp3) is 0.0909. The average molecular weight is 375 g/mol. The molecule has 0 fully saturated rings. The van der Waals surface area contributed by atoms with Crippen molar-refractivity contribution in [2.45, 2.75) is 0 Å². The summed E-state index contributed by atoms with van der Waals surface area (Å²) >= 11 is 0. The number of rotatable bonds is 5. The van der Waals surface area contributed by atoms with Gasteiger partial charge >= 0.3 is 5.97 Å². The summed E-state index contributed by atoms with van der Waals surface area (Å²) in [4.78, 5) is 12.5. The van der Waals surface area contributed by atoms with Crippen molar-refractivity contribution in [3.63, 3.8) is 0 Å². The number of methoxy groups -OCH3 is 2. The molecule has 0 unspecified atom stereocenters. The Labute approximate surface area is 161 Å². The number of benzene rings is 3. The van der Waals surface area contributed by atoms with Crippen molar-refractivity contribution >= 4 is 16.9 Å². The molecule has 3 aromatic carbocycles. The monoisotopic (exact) mass is 375 g/mol. The lowest BCUT2D eigenvalue weighted by Gasteiger charge is -2.09. The van der Waals surface area contributed by atoms with E-state index in [-0.39, 0.29) is 0 Å².